The minimum atomic E-state index is 0.729. The maximum Gasteiger partial charge on any atom is 0.160 e. The van der Waals surface area contributed by atoms with Gasteiger partial charge in [-0.15, -0.1) is 11.3 Å². The zero-order valence-corrected chi connectivity index (χ0v) is 28.2. The van der Waals surface area contributed by atoms with Crippen LogP contribution in [-0.4, -0.2) is 19.1 Å². The van der Waals surface area contributed by atoms with E-state index in [1.807, 2.05) is 6.07 Å². The number of fused-ring (bicyclic) bond motifs is 10. The molecule has 4 heterocycles. The molecule has 0 N–H and O–H groups in total. The number of thiophene rings is 1. The lowest BCUT2D eigenvalue weighted by Gasteiger charge is -2.11. The monoisotopic (exact) mass is 668 g/mol. The quantitative estimate of drug-likeness (QED) is 0.187. The molecule has 0 spiro atoms. The first-order valence-electron chi connectivity index (χ1n) is 17.2. The van der Waals surface area contributed by atoms with Crippen LogP contribution in [0.15, 0.2) is 170 Å². The van der Waals surface area contributed by atoms with Gasteiger partial charge in [0, 0.05) is 54.1 Å². The summed E-state index contributed by atoms with van der Waals surface area (Å²) in [6.45, 7) is 0. The van der Waals surface area contributed by atoms with Crippen LogP contribution in [0.25, 0.3) is 97.9 Å². The lowest BCUT2D eigenvalue weighted by Crippen LogP contribution is -1.97. The van der Waals surface area contributed by atoms with Gasteiger partial charge in [-0.1, -0.05) is 109 Å². The number of nitrogens with zero attached hydrogens (tertiary/aromatic N) is 4. The van der Waals surface area contributed by atoms with Gasteiger partial charge < -0.3 is 9.13 Å². The van der Waals surface area contributed by atoms with Gasteiger partial charge in [-0.2, -0.15) is 0 Å². The van der Waals surface area contributed by atoms with Crippen LogP contribution in [-0.2, 0) is 0 Å². The molecule has 5 heteroatoms. The summed E-state index contributed by atoms with van der Waals surface area (Å²) in [5.74, 6) is 0.729. The van der Waals surface area contributed by atoms with Crippen LogP contribution >= 0.6 is 11.3 Å². The van der Waals surface area contributed by atoms with Crippen LogP contribution < -0.4 is 0 Å². The molecule has 238 valence electrons. The minimum absolute atomic E-state index is 0.729. The third-order valence-corrected chi connectivity index (χ3v) is 11.3. The first-order chi connectivity index (χ1) is 25.3. The predicted octanol–water partition coefficient (Wildman–Crippen LogP) is 12.4. The number of hydrogen-bond donors (Lipinski definition) is 0. The van der Waals surface area contributed by atoms with Crippen molar-refractivity contribution >= 4 is 75.3 Å². The molecule has 0 bridgehead atoms. The maximum atomic E-state index is 5.23. The number of para-hydroxylation sites is 3. The van der Waals surface area contributed by atoms with E-state index < -0.39 is 0 Å². The number of hydrogen-bond acceptors (Lipinski definition) is 3. The Labute approximate surface area is 297 Å². The van der Waals surface area contributed by atoms with Crippen LogP contribution in [0.4, 0.5) is 0 Å². The second-order valence-electron chi connectivity index (χ2n) is 13.0. The summed E-state index contributed by atoms with van der Waals surface area (Å²) in [7, 11) is 0. The Bertz CT molecular complexity index is 3120. The normalized spacial score (nSPS) is 11.9. The van der Waals surface area contributed by atoms with Crippen LogP contribution in [0.1, 0.15) is 0 Å². The summed E-state index contributed by atoms with van der Waals surface area (Å²) in [6, 6.07) is 60.5. The van der Waals surface area contributed by atoms with Crippen molar-refractivity contribution in [3.05, 3.63) is 170 Å². The summed E-state index contributed by atoms with van der Waals surface area (Å²) in [5.41, 5.74) is 11.1. The largest absolute Gasteiger partial charge is 0.309 e. The molecule has 0 unspecified atom stereocenters. The van der Waals surface area contributed by atoms with Crippen molar-refractivity contribution in [3.63, 3.8) is 0 Å². The zero-order valence-electron chi connectivity index (χ0n) is 27.4. The highest BCUT2D eigenvalue weighted by molar-refractivity contribution is 7.26. The summed E-state index contributed by atoms with van der Waals surface area (Å²) < 4.78 is 7.16. The minimum Gasteiger partial charge on any atom is -0.309 e. The Hall–Kier alpha value is -6.56. The predicted molar refractivity (Wildman–Crippen MR) is 214 cm³/mol. The molecule has 51 heavy (non-hydrogen) atoms. The topological polar surface area (TPSA) is 35.6 Å². The molecule has 0 fully saturated rings. The third-order valence-electron chi connectivity index (χ3n) is 10.1. The van der Waals surface area contributed by atoms with Crippen LogP contribution in [0.2, 0.25) is 0 Å². The summed E-state index contributed by atoms with van der Waals surface area (Å²) >= 11 is 1.76. The molecule has 0 aliphatic carbocycles. The summed E-state index contributed by atoms with van der Waals surface area (Å²) in [6.07, 6.45) is 0. The van der Waals surface area contributed by atoms with Crippen molar-refractivity contribution in [2.75, 3.05) is 0 Å². The van der Waals surface area contributed by atoms with Gasteiger partial charge in [0.25, 0.3) is 0 Å². The molecule has 11 aromatic rings. The highest BCUT2D eigenvalue weighted by Crippen LogP contribution is 2.43. The average molecular weight is 669 g/mol. The van der Waals surface area contributed by atoms with Crippen LogP contribution in [0, 0.1) is 0 Å². The molecule has 0 amide bonds. The lowest BCUT2D eigenvalue weighted by molar-refractivity contribution is 1.17. The van der Waals surface area contributed by atoms with Crippen LogP contribution in [0.3, 0.4) is 0 Å². The van der Waals surface area contributed by atoms with Gasteiger partial charge >= 0.3 is 0 Å². The number of rotatable bonds is 4. The Balaban J connectivity index is 1.15. The van der Waals surface area contributed by atoms with E-state index in [-0.39, 0.29) is 0 Å². The van der Waals surface area contributed by atoms with E-state index in [1.165, 1.54) is 53.7 Å². The molecule has 0 aliphatic rings. The first kappa shape index (κ1) is 28.3. The second kappa shape index (κ2) is 11.0. The van der Waals surface area contributed by atoms with Crippen molar-refractivity contribution in [1.29, 1.82) is 0 Å². The van der Waals surface area contributed by atoms with E-state index in [0.29, 0.717) is 0 Å². The van der Waals surface area contributed by atoms with Crippen molar-refractivity contribution in [3.8, 4) is 34.0 Å². The fourth-order valence-electron chi connectivity index (χ4n) is 7.90. The van der Waals surface area contributed by atoms with Gasteiger partial charge in [0.1, 0.15) is 0 Å². The van der Waals surface area contributed by atoms with Crippen LogP contribution in [0.5, 0.6) is 0 Å². The van der Waals surface area contributed by atoms with Crippen molar-refractivity contribution in [2.45, 2.75) is 0 Å². The smallest absolute Gasteiger partial charge is 0.160 e. The molecular weight excluding hydrogens is 641 g/mol. The molecule has 0 saturated heterocycles. The second-order valence-corrected chi connectivity index (χ2v) is 14.0. The van der Waals surface area contributed by atoms with Gasteiger partial charge in [0.2, 0.25) is 0 Å². The molecule has 0 atom stereocenters. The first-order valence-corrected chi connectivity index (χ1v) is 18.0. The van der Waals surface area contributed by atoms with Crippen molar-refractivity contribution in [2.24, 2.45) is 0 Å². The maximum absolute atomic E-state index is 5.23. The zero-order chi connectivity index (χ0) is 33.5. The van der Waals surface area contributed by atoms with Crippen molar-refractivity contribution < 1.29 is 0 Å². The number of aromatic nitrogens is 4. The van der Waals surface area contributed by atoms with Crippen molar-refractivity contribution in [1.82, 2.24) is 19.1 Å². The molecule has 0 saturated carbocycles. The molecule has 11 rings (SSSR count). The molecule has 0 aliphatic heterocycles. The SMILES string of the molecule is c1ccc(-c2nc(-c3ccc(-n4c5ccccc5c5ccc6c(c7ccccc7n6-c6ccccc6)c54)cc3)nc3c2sc2ccccc23)cc1. The number of benzene rings is 7. The Kier molecular flexibility index (Phi) is 6.09. The van der Waals surface area contributed by atoms with Gasteiger partial charge in [0.15, 0.2) is 5.82 Å². The molecule has 4 aromatic heterocycles. The average Bonchev–Trinajstić information content (AvgIpc) is 3.86. The van der Waals surface area contributed by atoms with E-state index in [1.54, 1.807) is 11.3 Å². The molecular formula is C46H28N4S. The van der Waals surface area contributed by atoms with E-state index in [2.05, 4.69) is 173 Å². The van der Waals surface area contributed by atoms with Gasteiger partial charge in [-0.3, -0.25) is 0 Å². The highest BCUT2D eigenvalue weighted by atomic mass is 32.1. The van der Waals surface area contributed by atoms with Gasteiger partial charge in [-0.25, -0.2) is 9.97 Å². The Morgan fingerprint density at radius 1 is 0.412 bits per heavy atom. The van der Waals surface area contributed by atoms with E-state index in [9.17, 15) is 0 Å². The fourth-order valence-corrected chi connectivity index (χ4v) is 9.06. The molecule has 7 aromatic carbocycles. The lowest BCUT2D eigenvalue weighted by atomic mass is 10.1. The van der Waals surface area contributed by atoms with E-state index in [0.717, 1.165) is 44.2 Å². The standard InChI is InChI=1S/C46H28N4S/c1-3-13-29(14-4-1)42-45-43(36-19-9-12-22-40(36)51-45)48-46(47-42)30-23-25-32(26-24-30)50-37-20-10-7-17-33(37)34-27-28-39-41(44(34)50)35-18-8-11-21-38(35)49(39)31-15-5-2-6-16-31/h1-28H. The van der Waals surface area contributed by atoms with E-state index >= 15 is 0 Å². The molecule has 4 nitrogen and oxygen atoms in total. The highest BCUT2D eigenvalue weighted by Gasteiger charge is 2.21. The molecule has 0 radical (unpaired) electrons. The van der Waals surface area contributed by atoms with E-state index in [4.69, 9.17) is 9.97 Å². The third kappa shape index (κ3) is 4.19. The van der Waals surface area contributed by atoms with Gasteiger partial charge in [-0.05, 0) is 60.7 Å². The van der Waals surface area contributed by atoms with Gasteiger partial charge in [0.05, 0.1) is 38.0 Å². The summed E-state index contributed by atoms with van der Waals surface area (Å²) in [4.78, 5) is 10.4. The summed E-state index contributed by atoms with van der Waals surface area (Å²) in [5, 5.41) is 6.13. The fraction of sp³-hybridized carbons (Fsp3) is 0. The Morgan fingerprint density at radius 2 is 1.04 bits per heavy atom. The Morgan fingerprint density at radius 3 is 1.82 bits per heavy atom.